The van der Waals surface area contributed by atoms with Crippen LogP contribution < -0.4 is 5.73 Å². The fourth-order valence-electron chi connectivity index (χ4n) is 0.742. The van der Waals surface area contributed by atoms with Gasteiger partial charge >= 0.3 is 0 Å². The van der Waals surface area contributed by atoms with Gasteiger partial charge in [-0.1, -0.05) is 6.92 Å². The first-order chi connectivity index (χ1) is 5.83. The summed E-state index contributed by atoms with van der Waals surface area (Å²) in [5.74, 6) is 2.77. The summed E-state index contributed by atoms with van der Waals surface area (Å²) in [6.07, 6.45) is 0. The first-order valence-electron chi connectivity index (χ1n) is 3.97. The topological polar surface area (TPSA) is 38.9 Å². The molecule has 2 N–H and O–H groups in total. The summed E-state index contributed by atoms with van der Waals surface area (Å²) >= 11 is 3.56. The lowest BCUT2D eigenvalue weighted by molar-refractivity contribution is 0.675. The van der Waals surface area contributed by atoms with E-state index in [-0.39, 0.29) is 0 Å². The van der Waals surface area contributed by atoms with Crippen LogP contribution >= 0.6 is 23.1 Å². The summed E-state index contributed by atoms with van der Waals surface area (Å²) < 4.78 is 0. The van der Waals surface area contributed by atoms with Crippen LogP contribution in [0.2, 0.25) is 0 Å². The third kappa shape index (κ3) is 3.56. The number of nitrogens with two attached hydrogens (primary N) is 1. The average Bonchev–Trinajstić information content (AvgIpc) is 2.57. The lowest BCUT2D eigenvalue weighted by Crippen LogP contribution is -2.12. The number of hydrogen-bond donors (Lipinski definition) is 1. The van der Waals surface area contributed by atoms with Gasteiger partial charge < -0.3 is 5.73 Å². The van der Waals surface area contributed by atoms with Crippen molar-refractivity contribution in [1.82, 2.24) is 4.98 Å². The van der Waals surface area contributed by atoms with E-state index in [0.717, 1.165) is 18.1 Å². The zero-order valence-electron chi connectivity index (χ0n) is 7.19. The van der Waals surface area contributed by atoms with Gasteiger partial charge in [0.25, 0.3) is 0 Å². The fraction of sp³-hybridized carbons (Fsp3) is 0.625. The number of aromatic nitrogens is 1. The van der Waals surface area contributed by atoms with Crippen molar-refractivity contribution in [2.75, 3.05) is 12.3 Å². The van der Waals surface area contributed by atoms with Crippen LogP contribution in [0.4, 0.5) is 0 Å². The second-order valence-electron chi connectivity index (χ2n) is 2.84. The van der Waals surface area contributed by atoms with Gasteiger partial charge in [-0.25, -0.2) is 4.98 Å². The number of thioether (sulfide) groups is 1. The monoisotopic (exact) mass is 202 g/mol. The van der Waals surface area contributed by atoms with E-state index in [1.807, 2.05) is 17.3 Å². The highest BCUT2D eigenvalue weighted by Gasteiger charge is 2.00. The predicted octanol–water partition coefficient (Wildman–Crippen LogP) is 1.97. The molecule has 0 saturated carbocycles. The lowest BCUT2D eigenvalue weighted by Gasteiger charge is -2.05. The standard InChI is InChI=1S/C8H14N2S2/c1-7(2-9)3-11-4-8-5-12-6-10-8/h5-7H,2-4,9H2,1H3. The van der Waals surface area contributed by atoms with E-state index in [4.69, 9.17) is 5.73 Å². The predicted molar refractivity (Wildman–Crippen MR) is 56.5 cm³/mol. The molecule has 1 aromatic rings. The minimum Gasteiger partial charge on any atom is -0.330 e. The Balaban J connectivity index is 2.11. The Labute approximate surface area is 81.6 Å². The van der Waals surface area contributed by atoms with Crippen molar-refractivity contribution in [3.8, 4) is 0 Å². The van der Waals surface area contributed by atoms with Crippen molar-refractivity contribution >= 4 is 23.1 Å². The molecule has 0 saturated heterocycles. The molecule has 0 aliphatic rings. The van der Waals surface area contributed by atoms with Crippen LogP contribution in [0.1, 0.15) is 12.6 Å². The quantitative estimate of drug-likeness (QED) is 0.793. The molecule has 0 spiro atoms. The summed E-state index contributed by atoms with van der Waals surface area (Å²) in [7, 11) is 0. The van der Waals surface area contributed by atoms with Gasteiger partial charge in [-0.05, 0) is 18.2 Å². The maximum Gasteiger partial charge on any atom is 0.0795 e. The van der Waals surface area contributed by atoms with Gasteiger partial charge in [0, 0.05) is 11.1 Å². The molecule has 0 bridgehead atoms. The van der Waals surface area contributed by atoms with Crippen LogP contribution in [0.15, 0.2) is 10.9 Å². The van der Waals surface area contributed by atoms with Crippen LogP contribution in [0.3, 0.4) is 0 Å². The molecule has 1 aromatic heterocycles. The van der Waals surface area contributed by atoms with Crippen molar-refractivity contribution in [3.63, 3.8) is 0 Å². The minimum atomic E-state index is 0.619. The fourth-order valence-corrected chi connectivity index (χ4v) is 2.43. The van der Waals surface area contributed by atoms with Crippen LogP contribution in [-0.4, -0.2) is 17.3 Å². The van der Waals surface area contributed by atoms with Crippen molar-refractivity contribution in [2.45, 2.75) is 12.7 Å². The average molecular weight is 202 g/mol. The first-order valence-corrected chi connectivity index (χ1v) is 6.07. The van der Waals surface area contributed by atoms with Gasteiger partial charge in [-0.3, -0.25) is 0 Å². The van der Waals surface area contributed by atoms with Gasteiger partial charge in [0.15, 0.2) is 0 Å². The van der Waals surface area contributed by atoms with Crippen molar-refractivity contribution < 1.29 is 0 Å². The molecule has 68 valence electrons. The van der Waals surface area contributed by atoms with E-state index < -0.39 is 0 Å². The molecule has 0 radical (unpaired) electrons. The minimum absolute atomic E-state index is 0.619. The van der Waals surface area contributed by atoms with Crippen molar-refractivity contribution in [2.24, 2.45) is 11.7 Å². The highest BCUT2D eigenvalue weighted by Crippen LogP contribution is 2.14. The van der Waals surface area contributed by atoms with Crippen molar-refractivity contribution in [1.29, 1.82) is 0 Å². The molecule has 0 aromatic carbocycles. The van der Waals surface area contributed by atoms with E-state index in [9.17, 15) is 0 Å². The van der Waals surface area contributed by atoms with E-state index in [1.54, 1.807) is 11.3 Å². The van der Waals surface area contributed by atoms with Gasteiger partial charge in [-0.15, -0.1) is 11.3 Å². The molecule has 2 nitrogen and oxygen atoms in total. The molecule has 1 rings (SSSR count). The van der Waals surface area contributed by atoms with E-state index in [0.29, 0.717) is 5.92 Å². The normalized spacial score (nSPS) is 13.2. The maximum absolute atomic E-state index is 5.50. The van der Waals surface area contributed by atoms with Gasteiger partial charge in [0.2, 0.25) is 0 Å². The van der Waals surface area contributed by atoms with Crippen LogP contribution in [0, 0.1) is 5.92 Å². The molecule has 0 fully saturated rings. The number of nitrogens with zero attached hydrogens (tertiary/aromatic N) is 1. The Kier molecular flexibility index (Phi) is 4.65. The van der Waals surface area contributed by atoms with E-state index in [1.165, 1.54) is 5.69 Å². The SMILES string of the molecule is CC(CN)CSCc1cscn1. The van der Waals surface area contributed by atoms with Crippen LogP contribution in [0.5, 0.6) is 0 Å². The summed E-state index contributed by atoms with van der Waals surface area (Å²) in [6.45, 7) is 2.96. The highest BCUT2D eigenvalue weighted by atomic mass is 32.2. The van der Waals surface area contributed by atoms with E-state index in [2.05, 4.69) is 17.3 Å². The number of thiazole rings is 1. The van der Waals surface area contributed by atoms with E-state index >= 15 is 0 Å². The molecular weight excluding hydrogens is 188 g/mol. The van der Waals surface area contributed by atoms with Crippen LogP contribution in [0.25, 0.3) is 0 Å². The molecule has 0 amide bonds. The third-order valence-electron chi connectivity index (χ3n) is 1.54. The Bertz CT molecular complexity index is 199. The molecule has 1 heterocycles. The largest absolute Gasteiger partial charge is 0.330 e. The second kappa shape index (κ2) is 5.56. The Morgan fingerprint density at radius 2 is 2.58 bits per heavy atom. The zero-order chi connectivity index (χ0) is 8.81. The Morgan fingerprint density at radius 3 is 3.17 bits per heavy atom. The van der Waals surface area contributed by atoms with Crippen molar-refractivity contribution in [3.05, 3.63) is 16.6 Å². The smallest absolute Gasteiger partial charge is 0.0795 e. The molecule has 12 heavy (non-hydrogen) atoms. The summed E-state index contributed by atoms with van der Waals surface area (Å²) in [5, 5.41) is 2.10. The molecular formula is C8H14N2S2. The third-order valence-corrected chi connectivity index (χ3v) is 3.48. The molecule has 4 heteroatoms. The number of hydrogen-bond acceptors (Lipinski definition) is 4. The lowest BCUT2D eigenvalue weighted by atomic mass is 10.2. The zero-order valence-corrected chi connectivity index (χ0v) is 8.83. The summed E-state index contributed by atoms with van der Waals surface area (Å²) in [5.41, 5.74) is 8.57. The van der Waals surface area contributed by atoms with Crippen LogP contribution in [-0.2, 0) is 5.75 Å². The summed E-state index contributed by atoms with van der Waals surface area (Å²) in [6, 6.07) is 0. The molecule has 0 aliphatic carbocycles. The summed E-state index contributed by atoms with van der Waals surface area (Å²) in [4.78, 5) is 4.21. The Hall–Kier alpha value is -0.0600. The maximum atomic E-state index is 5.50. The highest BCUT2D eigenvalue weighted by molar-refractivity contribution is 7.98. The Morgan fingerprint density at radius 1 is 1.75 bits per heavy atom. The van der Waals surface area contributed by atoms with Gasteiger partial charge in [0.05, 0.1) is 11.2 Å². The second-order valence-corrected chi connectivity index (χ2v) is 4.58. The first kappa shape index (κ1) is 10.0. The van der Waals surface area contributed by atoms with Gasteiger partial charge in [-0.2, -0.15) is 11.8 Å². The molecule has 0 aliphatic heterocycles. The molecule has 1 atom stereocenters. The number of rotatable bonds is 5. The van der Waals surface area contributed by atoms with Gasteiger partial charge in [0.1, 0.15) is 0 Å². The molecule has 1 unspecified atom stereocenters.